The summed E-state index contributed by atoms with van der Waals surface area (Å²) in [6.07, 6.45) is 88.5. The Kier molecular flexibility index (Phi) is 63.7. The lowest BCUT2D eigenvalue weighted by atomic mass is 10.0. The largest absolute Gasteiger partial charge is 0.472 e. The highest BCUT2D eigenvalue weighted by Crippen LogP contribution is 2.43. The molecule has 0 aromatic rings. The molecule has 0 fully saturated rings. The molecule has 0 aromatic carbocycles. The lowest BCUT2D eigenvalue weighted by molar-refractivity contribution is -0.870. The number of amides is 1. The second-order valence-electron chi connectivity index (χ2n) is 26.3. The molecule has 3 N–H and O–H groups in total. The van der Waals surface area contributed by atoms with Crippen LogP contribution in [0.4, 0.5) is 0 Å². The van der Waals surface area contributed by atoms with E-state index in [1.54, 1.807) is 6.08 Å². The number of likely N-dealkylation sites (N-methyl/N-ethyl adjacent to an activating group) is 1. The monoisotopic (exact) mass is 1190 g/mol. The summed E-state index contributed by atoms with van der Waals surface area (Å²) >= 11 is 0. The van der Waals surface area contributed by atoms with Crippen molar-refractivity contribution in [2.24, 2.45) is 0 Å². The van der Waals surface area contributed by atoms with E-state index in [9.17, 15) is 19.4 Å². The molecule has 83 heavy (non-hydrogen) atoms. The number of quaternary nitrogens is 1. The number of rotatable bonds is 68. The van der Waals surface area contributed by atoms with E-state index in [2.05, 4.69) is 55.6 Å². The number of hydrogen-bond donors (Lipinski definition) is 3. The third kappa shape index (κ3) is 67.8. The van der Waals surface area contributed by atoms with Crippen molar-refractivity contribution >= 4 is 13.7 Å². The van der Waals surface area contributed by atoms with E-state index in [1.807, 2.05) is 27.2 Å². The Balaban J connectivity index is 4.04. The van der Waals surface area contributed by atoms with Crippen LogP contribution in [-0.4, -0.2) is 73.4 Å². The fraction of sp³-hybridized carbons (Fsp3) is 0.878. The zero-order valence-corrected chi connectivity index (χ0v) is 57.1. The van der Waals surface area contributed by atoms with Crippen molar-refractivity contribution in [2.45, 2.75) is 379 Å². The van der Waals surface area contributed by atoms with Crippen LogP contribution in [0.1, 0.15) is 367 Å². The van der Waals surface area contributed by atoms with Crippen LogP contribution in [0.3, 0.4) is 0 Å². The van der Waals surface area contributed by atoms with Crippen LogP contribution in [0.15, 0.2) is 48.6 Å². The van der Waals surface area contributed by atoms with E-state index >= 15 is 0 Å². The number of aliphatic hydroxyl groups is 1. The molecule has 490 valence electrons. The van der Waals surface area contributed by atoms with Crippen LogP contribution >= 0.6 is 7.82 Å². The van der Waals surface area contributed by atoms with Crippen molar-refractivity contribution in [3.8, 4) is 0 Å². The van der Waals surface area contributed by atoms with Gasteiger partial charge in [0.1, 0.15) is 13.2 Å². The molecule has 1 amide bonds. The first-order valence-corrected chi connectivity index (χ1v) is 38.0. The lowest BCUT2D eigenvalue weighted by Crippen LogP contribution is -2.45. The summed E-state index contributed by atoms with van der Waals surface area (Å²) in [4.78, 5) is 23.4. The highest BCUT2D eigenvalue weighted by atomic mass is 31.2. The maximum atomic E-state index is 13.1. The van der Waals surface area contributed by atoms with Gasteiger partial charge >= 0.3 is 7.82 Å². The predicted molar refractivity (Wildman–Crippen MR) is 364 cm³/mol. The van der Waals surface area contributed by atoms with Crippen molar-refractivity contribution in [2.75, 3.05) is 40.9 Å². The third-order valence-corrected chi connectivity index (χ3v) is 17.8. The number of nitrogens with one attached hydrogen (secondary N) is 1. The van der Waals surface area contributed by atoms with Gasteiger partial charge in [0, 0.05) is 6.42 Å². The number of phosphoric acid groups is 1. The zero-order chi connectivity index (χ0) is 60.5. The maximum Gasteiger partial charge on any atom is 0.472 e. The van der Waals surface area contributed by atoms with Gasteiger partial charge in [-0.1, -0.05) is 345 Å². The second-order valence-corrected chi connectivity index (χ2v) is 27.8. The minimum Gasteiger partial charge on any atom is -0.387 e. The average Bonchev–Trinajstić information content (AvgIpc) is 3.49. The van der Waals surface area contributed by atoms with Gasteiger partial charge < -0.3 is 19.8 Å². The molecule has 8 nitrogen and oxygen atoms in total. The molecule has 0 aliphatic heterocycles. The number of carbonyl (C=O) groups is 1. The molecule has 0 rings (SSSR count). The highest BCUT2D eigenvalue weighted by Gasteiger charge is 2.28. The lowest BCUT2D eigenvalue weighted by Gasteiger charge is -2.25. The standard InChI is InChI=1S/C74H143N2O6P/c1-6-8-10-12-14-16-18-20-22-24-26-28-30-32-34-36-37-38-39-40-42-44-46-48-50-52-54-56-58-60-62-64-66-68-74(78)75-72(71-82-83(79,80)81-70-69-76(3,4)5)73(77)67-65-63-61-59-57-55-53-51-49-47-45-43-41-35-33-31-29-27-25-23-21-19-17-15-13-11-9-7-2/h18,20,24,26,57,59,65,67,72-73,77H,6-17,19,21-23,25,27-56,58,60-64,66,68-71H2,1-5H3,(H-,75,78,79,80)/p+1/b20-18-,26-24-,59-57+,67-65+. The Morgan fingerprint density at radius 3 is 1.04 bits per heavy atom. The molecule has 0 aromatic heterocycles. The molecule has 0 aliphatic carbocycles. The topological polar surface area (TPSA) is 105 Å². The third-order valence-electron chi connectivity index (χ3n) is 16.8. The van der Waals surface area contributed by atoms with Crippen LogP contribution in [-0.2, 0) is 18.4 Å². The summed E-state index contributed by atoms with van der Waals surface area (Å²) in [6.45, 7) is 4.84. The van der Waals surface area contributed by atoms with E-state index in [0.29, 0.717) is 17.4 Å². The summed E-state index contributed by atoms with van der Waals surface area (Å²) in [7, 11) is 1.57. The summed E-state index contributed by atoms with van der Waals surface area (Å²) in [5.41, 5.74) is 0. The van der Waals surface area contributed by atoms with Gasteiger partial charge in [0.15, 0.2) is 0 Å². The SMILES string of the molecule is CCCCCCC/C=C\C/C=C\CCCCCCCCCCCCCCCCCCCCCCCC(=O)NC(COP(=O)(O)OCC[N+](C)(C)C)C(O)/C=C/CC/C=C/CCCCCCCCCCCCCCCCCCCCCCCC. The van der Waals surface area contributed by atoms with Gasteiger partial charge in [0.25, 0.3) is 0 Å². The number of hydrogen-bond acceptors (Lipinski definition) is 5. The molecular weight excluding hydrogens is 1040 g/mol. The summed E-state index contributed by atoms with van der Waals surface area (Å²) in [5, 5.41) is 14.0. The first-order chi connectivity index (χ1) is 40.5. The smallest absolute Gasteiger partial charge is 0.387 e. The van der Waals surface area contributed by atoms with Gasteiger partial charge in [0.2, 0.25) is 5.91 Å². The van der Waals surface area contributed by atoms with Gasteiger partial charge in [-0.3, -0.25) is 13.8 Å². The van der Waals surface area contributed by atoms with E-state index in [-0.39, 0.29) is 19.1 Å². The molecule has 0 spiro atoms. The van der Waals surface area contributed by atoms with Crippen LogP contribution in [0.2, 0.25) is 0 Å². The molecule has 0 radical (unpaired) electrons. The number of nitrogens with zero attached hydrogens (tertiary/aromatic N) is 1. The molecule has 0 aliphatic rings. The molecule has 0 saturated heterocycles. The van der Waals surface area contributed by atoms with Crippen LogP contribution in [0, 0.1) is 0 Å². The normalized spacial score (nSPS) is 13.9. The van der Waals surface area contributed by atoms with Crippen molar-refractivity contribution in [3.05, 3.63) is 48.6 Å². The highest BCUT2D eigenvalue weighted by molar-refractivity contribution is 7.47. The number of aliphatic hydroxyl groups excluding tert-OH is 1. The van der Waals surface area contributed by atoms with Gasteiger partial charge in [-0.15, -0.1) is 0 Å². The molecule has 0 heterocycles. The Hall–Kier alpha value is -1.54. The minimum atomic E-state index is -4.36. The van der Waals surface area contributed by atoms with Crippen molar-refractivity contribution in [1.29, 1.82) is 0 Å². The molecule has 3 atom stereocenters. The Morgan fingerprint density at radius 1 is 0.410 bits per heavy atom. The quantitative estimate of drug-likeness (QED) is 0.0243. The molecule has 9 heteroatoms. The van der Waals surface area contributed by atoms with Crippen LogP contribution in [0.5, 0.6) is 0 Å². The fourth-order valence-electron chi connectivity index (χ4n) is 11.1. The minimum absolute atomic E-state index is 0.0574. The number of carbonyl (C=O) groups excluding carboxylic acids is 1. The number of unbranched alkanes of at least 4 members (excludes halogenated alkanes) is 49. The van der Waals surface area contributed by atoms with Crippen molar-refractivity contribution < 1.29 is 32.9 Å². The van der Waals surface area contributed by atoms with Gasteiger partial charge in [-0.05, 0) is 64.2 Å². The number of phosphoric ester groups is 1. The summed E-state index contributed by atoms with van der Waals surface area (Å²) < 4.78 is 23.8. The average molecular weight is 1190 g/mol. The summed E-state index contributed by atoms with van der Waals surface area (Å²) in [5.74, 6) is -0.180. The molecule has 3 unspecified atom stereocenters. The fourth-order valence-corrected chi connectivity index (χ4v) is 11.8. The second kappa shape index (κ2) is 64.9. The number of allylic oxidation sites excluding steroid dienone is 7. The van der Waals surface area contributed by atoms with Gasteiger partial charge in [-0.2, -0.15) is 0 Å². The predicted octanol–water partition coefficient (Wildman–Crippen LogP) is 23.4. The first kappa shape index (κ1) is 81.5. The van der Waals surface area contributed by atoms with E-state index in [0.717, 1.165) is 44.9 Å². The maximum absolute atomic E-state index is 13.1. The van der Waals surface area contributed by atoms with Crippen LogP contribution < -0.4 is 5.32 Å². The zero-order valence-electron chi connectivity index (χ0n) is 56.2. The van der Waals surface area contributed by atoms with E-state index in [4.69, 9.17) is 9.05 Å². The first-order valence-electron chi connectivity index (χ1n) is 36.5. The van der Waals surface area contributed by atoms with E-state index in [1.165, 1.54) is 302 Å². The Bertz CT molecular complexity index is 1490. The van der Waals surface area contributed by atoms with Crippen molar-refractivity contribution in [3.63, 3.8) is 0 Å². The van der Waals surface area contributed by atoms with Gasteiger partial charge in [-0.25, -0.2) is 4.57 Å². The Morgan fingerprint density at radius 2 is 0.699 bits per heavy atom. The van der Waals surface area contributed by atoms with Crippen molar-refractivity contribution in [1.82, 2.24) is 5.32 Å². The molecule has 0 bridgehead atoms. The molecular formula is C74H144N2O6P+. The summed E-state index contributed by atoms with van der Waals surface area (Å²) in [6, 6.07) is -0.865. The van der Waals surface area contributed by atoms with Crippen LogP contribution in [0.25, 0.3) is 0 Å². The molecule has 0 saturated carbocycles. The van der Waals surface area contributed by atoms with E-state index < -0.39 is 20.0 Å². The van der Waals surface area contributed by atoms with Gasteiger partial charge in [0.05, 0.1) is 39.9 Å². The Labute approximate surface area is 518 Å².